The van der Waals surface area contributed by atoms with Crippen LogP contribution in [-0.2, 0) is 21.2 Å². The van der Waals surface area contributed by atoms with Gasteiger partial charge in [-0.15, -0.1) is 0 Å². The molecule has 3 rings (SSSR count). The zero-order chi connectivity index (χ0) is 15.0. The molecular formula is C13H10BrN3O3S. The second-order valence-electron chi connectivity index (χ2n) is 4.51. The van der Waals surface area contributed by atoms with Crippen LogP contribution in [0.25, 0.3) is 0 Å². The number of halogens is 1. The third kappa shape index (κ3) is 2.91. The molecule has 1 aromatic heterocycles. The smallest absolute Gasteiger partial charge is 0.263 e. The number of anilines is 2. The fraction of sp³-hybridized carbons (Fsp3) is 0.0769. The van der Waals surface area contributed by atoms with Crippen LogP contribution in [0.3, 0.4) is 0 Å². The number of carbonyl (C=O) groups excluding carboxylic acids is 1. The van der Waals surface area contributed by atoms with E-state index in [1.165, 1.54) is 18.3 Å². The van der Waals surface area contributed by atoms with Crippen molar-refractivity contribution in [1.82, 2.24) is 4.98 Å². The van der Waals surface area contributed by atoms with E-state index in [9.17, 15) is 13.2 Å². The van der Waals surface area contributed by atoms with Crippen LogP contribution in [0.5, 0.6) is 0 Å². The molecule has 2 heterocycles. The summed E-state index contributed by atoms with van der Waals surface area (Å²) in [5.41, 5.74) is 1.32. The predicted octanol–water partition coefficient (Wildman–Crippen LogP) is 2.14. The summed E-state index contributed by atoms with van der Waals surface area (Å²) in [4.78, 5) is 15.3. The number of hydrogen-bond donors (Lipinski definition) is 2. The molecule has 0 saturated heterocycles. The summed E-state index contributed by atoms with van der Waals surface area (Å²) in [5, 5.41) is 2.66. The van der Waals surface area contributed by atoms with E-state index >= 15 is 0 Å². The number of fused-ring (bicyclic) bond motifs is 1. The maximum absolute atomic E-state index is 12.3. The maximum atomic E-state index is 12.3. The van der Waals surface area contributed by atoms with E-state index in [0.717, 1.165) is 4.47 Å². The molecule has 0 radical (unpaired) electrons. The minimum Gasteiger partial charge on any atom is -0.326 e. The van der Waals surface area contributed by atoms with Gasteiger partial charge in [0.05, 0.1) is 11.3 Å². The summed E-state index contributed by atoms with van der Waals surface area (Å²) in [6, 6.07) is 7.79. The lowest BCUT2D eigenvalue weighted by molar-refractivity contribution is -0.115. The summed E-state index contributed by atoms with van der Waals surface area (Å²) in [6.45, 7) is 0. The molecule has 2 aromatic rings. The van der Waals surface area contributed by atoms with Crippen LogP contribution >= 0.6 is 15.9 Å². The highest BCUT2D eigenvalue weighted by Gasteiger charge is 2.22. The zero-order valence-electron chi connectivity index (χ0n) is 10.6. The van der Waals surface area contributed by atoms with Crippen molar-refractivity contribution in [3.63, 3.8) is 0 Å². The lowest BCUT2D eigenvalue weighted by Crippen LogP contribution is -2.14. The van der Waals surface area contributed by atoms with Crippen LogP contribution in [0.1, 0.15) is 5.56 Å². The SMILES string of the molecule is O=C1Cc2cc(S(=O)(=O)Nc3cc(Br)ccn3)ccc2N1. The average Bonchev–Trinajstić information content (AvgIpc) is 2.77. The van der Waals surface area contributed by atoms with E-state index in [1.807, 2.05) is 0 Å². The lowest BCUT2D eigenvalue weighted by atomic mass is 10.2. The van der Waals surface area contributed by atoms with Crippen molar-refractivity contribution in [2.24, 2.45) is 0 Å². The Morgan fingerprint density at radius 2 is 2.05 bits per heavy atom. The first kappa shape index (κ1) is 14.0. The first-order chi connectivity index (χ1) is 9.94. The number of rotatable bonds is 3. The van der Waals surface area contributed by atoms with E-state index in [2.05, 4.69) is 31.0 Å². The number of amides is 1. The third-order valence-corrected chi connectivity index (χ3v) is 4.82. The molecule has 1 amide bonds. The normalized spacial score (nSPS) is 13.7. The molecule has 0 aliphatic carbocycles. The Morgan fingerprint density at radius 1 is 1.24 bits per heavy atom. The van der Waals surface area contributed by atoms with E-state index in [4.69, 9.17) is 0 Å². The molecule has 0 unspecified atom stereocenters. The van der Waals surface area contributed by atoms with Crippen LogP contribution < -0.4 is 10.0 Å². The Hall–Kier alpha value is -1.93. The van der Waals surface area contributed by atoms with Crippen LogP contribution in [-0.4, -0.2) is 19.3 Å². The van der Waals surface area contributed by atoms with Gasteiger partial charge in [-0.2, -0.15) is 0 Å². The number of nitrogens with one attached hydrogen (secondary N) is 2. The Balaban J connectivity index is 1.92. The van der Waals surface area contributed by atoms with Crippen molar-refractivity contribution in [1.29, 1.82) is 0 Å². The zero-order valence-corrected chi connectivity index (χ0v) is 13.0. The van der Waals surface area contributed by atoms with Gasteiger partial charge in [-0.25, -0.2) is 13.4 Å². The second kappa shape index (κ2) is 5.12. The van der Waals surface area contributed by atoms with E-state index in [-0.39, 0.29) is 23.0 Å². The Labute approximate surface area is 129 Å². The molecule has 0 saturated carbocycles. The van der Waals surface area contributed by atoms with Crippen molar-refractivity contribution in [2.45, 2.75) is 11.3 Å². The van der Waals surface area contributed by atoms with Crippen molar-refractivity contribution in [3.8, 4) is 0 Å². The molecule has 2 N–H and O–H groups in total. The van der Waals surface area contributed by atoms with Gasteiger partial charge in [0.25, 0.3) is 10.0 Å². The van der Waals surface area contributed by atoms with Gasteiger partial charge in [0, 0.05) is 16.4 Å². The maximum Gasteiger partial charge on any atom is 0.263 e. The summed E-state index contributed by atoms with van der Waals surface area (Å²) in [6.07, 6.45) is 1.68. The number of aromatic nitrogens is 1. The number of carbonyl (C=O) groups is 1. The standard InChI is InChI=1S/C13H10BrN3O3S/c14-9-3-4-15-12(7-9)17-21(19,20)10-1-2-11-8(5-10)6-13(18)16-11/h1-5,7H,6H2,(H,15,17)(H,16,18). The Bertz CT molecular complexity index is 836. The van der Waals surface area contributed by atoms with Crippen molar-refractivity contribution >= 4 is 43.4 Å². The molecular weight excluding hydrogens is 358 g/mol. The topological polar surface area (TPSA) is 88.2 Å². The monoisotopic (exact) mass is 367 g/mol. The van der Waals surface area contributed by atoms with Crippen LogP contribution in [0.2, 0.25) is 0 Å². The molecule has 1 aliphatic heterocycles. The van der Waals surface area contributed by atoms with Crippen LogP contribution in [0.4, 0.5) is 11.5 Å². The van der Waals surface area contributed by atoms with E-state index in [1.54, 1.807) is 18.2 Å². The lowest BCUT2D eigenvalue weighted by Gasteiger charge is -2.08. The fourth-order valence-corrected chi connectivity index (χ4v) is 3.41. The fourth-order valence-electron chi connectivity index (χ4n) is 2.03. The quantitative estimate of drug-likeness (QED) is 0.869. The minimum absolute atomic E-state index is 0.0968. The highest BCUT2D eigenvalue weighted by molar-refractivity contribution is 9.10. The molecule has 21 heavy (non-hydrogen) atoms. The van der Waals surface area contributed by atoms with Crippen LogP contribution in [0.15, 0.2) is 45.9 Å². The van der Waals surface area contributed by atoms with Gasteiger partial charge in [0.2, 0.25) is 5.91 Å². The number of benzene rings is 1. The molecule has 8 heteroatoms. The predicted molar refractivity (Wildman–Crippen MR) is 81.5 cm³/mol. The van der Waals surface area contributed by atoms with E-state index < -0.39 is 10.0 Å². The molecule has 6 nitrogen and oxygen atoms in total. The minimum atomic E-state index is -3.74. The van der Waals surface area contributed by atoms with Crippen molar-refractivity contribution in [3.05, 3.63) is 46.6 Å². The average molecular weight is 368 g/mol. The number of pyridine rings is 1. The van der Waals surface area contributed by atoms with Gasteiger partial charge in [0.15, 0.2) is 0 Å². The summed E-state index contributed by atoms with van der Waals surface area (Å²) in [7, 11) is -3.74. The number of sulfonamides is 1. The Morgan fingerprint density at radius 3 is 2.81 bits per heavy atom. The third-order valence-electron chi connectivity index (χ3n) is 2.97. The van der Waals surface area contributed by atoms with Crippen molar-refractivity contribution < 1.29 is 13.2 Å². The molecule has 1 aliphatic rings. The van der Waals surface area contributed by atoms with Gasteiger partial charge in [0.1, 0.15) is 5.82 Å². The summed E-state index contributed by atoms with van der Waals surface area (Å²) >= 11 is 3.25. The first-order valence-corrected chi connectivity index (χ1v) is 8.29. The van der Waals surface area contributed by atoms with Gasteiger partial charge < -0.3 is 5.32 Å². The van der Waals surface area contributed by atoms with Gasteiger partial charge >= 0.3 is 0 Å². The molecule has 0 fully saturated rings. The number of nitrogens with zero attached hydrogens (tertiary/aromatic N) is 1. The summed E-state index contributed by atoms with van der Waals surface area (Å²) < 4.78 is 27.8. The van der Waals surface area contributed by atoms with Crippen molar-refractivity contribution in [2.75, 3.05) is 10.0 Å². The highest BCUT2D eigenvalue weighted by atomic mass is 79.9. The molecule has 0 spiro atoms. The van der Waals surface area contributed by atoms with E-state index in [0.29, 0.717) is 11.3 Å². The molecule has 108 valence electrons. The second-order valence-corrected chi connectivity index (χ2v) is 7.11. The summed E-state index contributed by atoms with van der Waals surface area (Å²) in [5.74, 6) is 0.0836. The molecule has 0 atom stereocenters. The highest BCUT2D eigenvalue weighted by Crippen LogP contribution is 2.26. The van der Waals surface area contributed by atoms with Crippen LogP contribution in [0, 0.1) is 0 Å². The van der Waals surface area contributed by atoms with Gasteiger partial charge in [-0.1, -0.05) is 15.9 Å². The van der Waals surface area contributed by atoms with Gasteiger partial charge in [-0.05, 0) is 35.9 Å². The largest absolute Gasteiger partial charge is 0.326 e. The van der Waals surface area contributed by atoms with Gasteiger partial charge in [-0.3, -0.25) is 9.52 Å². The number of hydrogen-bond acceptors (Lipinski definition) is 4. The molecule has 0 bridgehead atoms. The molecule has 1 aromatic carbocycles. The Kier molecular flexibility index (Phi) is 3.42. The first-order valence-electron chi connectivity index (χ1n) is 6.01.